The first-order chi connectivity index (χ1) is 9.83. The van der Waals surface area contributed by atoms with Crippen LogP contribution < -0.4 is 0 Å². The molecule has 0 spiro atoms. The smallest absolute Gasteiger partial charge is 0.101 e. The SMILES string of the molecule is N#Cc1cc2cccc(-c3ccccc3)c2cc1C#N. The van der Waals surface area contributed by atoms with Gasteiger partial charge in [-0.3, -0.25) is 0 Å². The highest BCUT2D eigenvalue weighted by molar-refractivity contribution is 5.98. The molecule has 0 amide bonds. The fourth-order valence-electron chi connectivity index (χ4n) is 2.38. The minimum atomic E-state index is 0.420. The molecule has 0 aliphatic carbocycles. The van der Waals surface area contributed by atoms with Crippen molar-refractivity contribution in [1.29, 1.82) is 10.5 Å². The zero-order valence-electron chi connectivity index (χ0n) is 10.7. The summed E-state index contributed by atoms with van der Waals surface area (Å²) in [5, 5.41) is 20.2. The highest BCUT2D eigenvalue weighted by Crippen LogP contribution is 2.30. The van der Waals surface area contributed by atoms with Crippen molar-refractivity contribution in [1.82, 2.24) is 0 Å². The summed E-state index contributed by atoms with van der Waals surface area (Å²) in [5.41, 5.74) is 3.02. The van der Waals surface area contributed by atoms with E-state index in [1.54, 1.807) is 12.1 Å². The second-order valence-corrected chi connectivity index (χ2v) is 4.51. The molecule has 3 aromatic rings. The van der Waals surface area contributed by atoms with Gasteiger partial charge in [-0.15, -0.1) is 0 Å². The quantitative estimate of drug-likeness (QED) is 0.651. The Bertz CT molecular complexity index is 866. The topological polar surface area (TPSA) is 47.6 Å². The minimum Gasteiger partial charge on any atom is -0.192 e. The van der Waals surface area contributed by atoms with Gasteiger partial charge in [0.1, 0.15) is 12.1 Å². The predicted octanol–water partition coefficient (Wildman–Crippen LogP) is 4.25. The van der Waals surface area contributed by atoms with Gasteiger partial charge in [-0.2, -0.15) is 10.5 Å². The number of rotatable bonds is 1. The van der Waals surface area contributed by atoms with E-state index in [1.165, 1.54) is 0 Å². The molecule has 0 fully saturated rings. The van der Waals surface area contributed by atoms with Crippen LogP contribution in [0.25, 0.3) is 21.9 Å². The molecule has 0 N–H and O–H groups in total. The van der Waals surface area contributed by atoms with E-state index in [9.17, 15) is 0 Å². The summed E-state index contributed by atoms with van der Waals surface area (Å²) < 4.78 is 0. The van der Waals surface area contributed by atoms with Crippen LogP contribution in [0.4, 0.5) is 0 Å². The van der Waals surface area contributed by atoms with Gasteiger partial charge in [-0.05, 0) is 34.0 Å². The van der Waals surface area contributed by atoms with Crippen LogP contribution in [0, 0.1) is 22.7 Å². The molecule has 0 atom stereocenters. The Labute approximate surface area is 117 Å². The van der Waals surface area contributed by atoms with E-state index in [1.807, 2.05) is 48.5 Å². The third-order valence-electron chi connectivity index (χ3n) is 3.34. The zero-order valence-corrected chi connectivity index (χ0v) is 10.7. The Balaban J connectivity index is 2.36. The second-order valence-electron chi connectivity index (χ2n) is 4.51. The number of fused-ring (bicyclic) bond motifs is 1. The molecular formula is C18H10N2. The number of hydrogen-bond donors (Lipinski definition) is 0. The number of benzene rings is 3. The van der Waals surface area contributed by atoms with E-state index in [0.717, 1.165) is 21.9 Å². The zero-order chi connectivity index (χ0) is 13.9. The maximum atomic E-state index is 9.17. The Hall–Kier alpha value is -3.10. The molecule has 0 aliphatic heterocycles. The van der Waals surface area contributed by atoms with Crippen molar-refractivity contribution in [2.75, 3.05) is 0 Å². The fraction of sp³-hybridized carbons (Fsp3) is 0. The Kier molecular flexibility index (Phi) is 2.92. The van der Waals surface area contributed by atoms with Gasteiger partial charge in [0.25, 0.3) is 0 Å². The summed E-state index contributed by atoms with van der Waals surface area (Å²) in [6.45, 7) is 0. The first kappa shape index (κ1) is 12.0. The lowest BCUT2D eigenvalue weighted by atomic mass is 9.95. The minimum absolute atomic E-state index is 0.420. The standard InChI is InChI=1S/C18H10N2/c19-11-15-9-14-7-4-8-17(13-5-2-1-3-6-13)18(14)10-16(15)12-20/h1-10H. The van der Waals surface area contributed by atoms with Gasteiger partial charge in [0.15, 0.2) is 0 Å². The average Bonchev–Trinajstić information content (AvgIpc) is 2.53. The van der Waals surface area contributed by atoms with Crippen LogP contribution in [0.15, 0.2) is 60.7 Å². The third-order valence-corrected chi connectivity index (χ3v) is 3.34. The van der Waals surface area contributed by atoms with Crippen LogP contribution in [0.2, 0.25) is 0 Å². The molecule has 3 aromatic carbocycles. The lowest BCUT2D eigenvalue weighted by molar-refractivity contribution is 1.44. The maximum absolute atomic E-state index is 9.17. The summed E-state index contributed by atoms with van der Waals surface area (Å²) in [6.07, 6.45) is 0. The lowest BCUT2D eigenvalue weighted by Crippen LogP contribution is -1.87. The molecule has 2 nitrogen and oxygen atoms in total. The lowest BCUT2D eigenvalue weighted by Gasteiger charge is -2.08. The van der Waals surface area contributed by atoms with Crippen molar-refractivity contribution in [2.24, 2.45) is 0 Å². The van der Waals surface area contributed by atoms with Gasteiger partial charge in [-0.25, -0.2) is 0 Å². The molecule has 0 aliphatic rings. The van der Waals surface area contributed by atoms with E-state index in [0.29, 0.717) is 11.1 Å². The predicted molar refractivity (Wildman–Crippen MR) is 78.8 cm³/mol. The van der Waals surface area contributed by atoms with Crippen molar-refractivity contribution in [3.05, 3.63) is 71.8 Å². The van der Waals surface area contributed by atoms with Crippen LogP contribution in [0.5, 0.6) is 0 Å². The maximum Gasteiger partial charge on any atom is 0.101 e. The fourth-order valence-corrected chi connectivity index (χ4v) is 2.38. The van der Waals surface area contributed by atoms with E-state index >= 15 is 0 Å². The van der Waals surface area contributed by atoms with E-state index in [2.05, 4.69) is 12.1 Å². The molecule has 0 aromatic heterocycles. The largest absolute Gasteiger partial charge is 0.192 e. The molecule has 20 heavy (non-hydrogen) atoms. The van der Waals surface area contributed by atoms with Crippen molar-refractivity contribution in [3.63, 3.8) is 0 Å². The van der Waals surface area contributed by atoms with Crippen LogP contribution in [-0.2, 0) is 0 Å². The van der Waals surface area contributed by atoms with Gasteiger partial charge < -0.3 is 0 Å². The third kappa shape index (κ3) is 1.90. The summed E-state index contributed by atoms with van der Waals surface area (Å²) in [6, 6.07) is 23.7. The monoisotopic (exact) mass is 254 g/mol. The van der Waals surface area contributed by atoms with Crippen LogP contribution in [0.3, 0.4) is 0 Å². The Morgan fingerprint density at radius 3 is 2.10 bits per heavy atom. The Morgan fingerprint density at radius 2 is 1.40 bits per heavy atom. The Morgan fingerprint density at radius 1 is 0.700 bits per heavy atom. The second kappa shape index (κ2) is 4.88. The van der Waals surface area contributed by atoms with Crippen molar-refractivity contribution >= 4 is 10.8 Å². The molecule has 0 bridgehead atoms. The van der Waals surface area contributed by atoms with E-state index < -0.39 is 0 Å². The van der Waals surface area contributed by atoms with Crippen LogP contribution in [-0.4, -0.2) is 0 Å². The van der Waals surface area contributed by atoms with Crippen LogP contribution in [0.1, 0.15) is 11.1 Å². The molecule has 0 saturated heterocycles. The van der Waals surface area contributed by atoms with Gasteiger partial charge in [0, 0.05) is 0 Å². The molecule has 92 valence electrons. The van der Waals surface area contributed by atoms with Gasteiger partial charge in [0.05, 0.1) is 11.1 Å². The molecule has 3 rings (SSSR count). The highest BCUT2D eigenvalue weighted by Gasteiger charge is 2.08. The first-order valence-electron chi connectivity index (χ1n) is 6.26. The number of nitriles is 2. The average molecular weight is 254 g/mol. The molecule has 0 heterocycles. The molecule has 2 heteroatoms. The molecule has 0 saturated carbocycles. The van der Waals surface area contributed by atoms with Crippen molar-refractivity contribution in [3.8, 4) is 23.3 Å². The summed E-state index contributed by atoms with van der Waals surface area (Å²) >= 11 is 0. The molecule has 0 unspecified atom stereocenters. The van der Waals surface area contributed by atoms with Gasteiger partial charge >= 0.3 is 0 Å². The number of nitrogens with zero attached hydrogens (tertiary/aromatic N) is 2. The van der Waals surface area contributed by atoms with Gasteiger partial charge in [0.2, 0.25) is 0 Å². The first-order valence-corrected chi connectivity index (χ1v) is 6.26. The number of hydrogen-bond acceptors (Lipinski definition) is 2. The van der Waals surface area contributed by atoms with E-state index in [4.69, 9.17) is 10.5 Å². The van der Waals surface area contributed by atoms with Crippen molar-refractivity contribution in [2.45, 2.75) is 0 Å². The summed E-state index contributed by atoms with van der Waals surface area (Å²) in [7, 11) is 0. The van der Waals surface area contributed by atoms with Crippen LogP contribution >= 0.6 is 0 Å². The molecule has 0 radical (unpaired) electrons. The molecular weight excluding hydrogens is 244 g/mol. The summed E-state index contributed by atoms with van der Waals surface area (Å²) in [5.74, 6) is 0. The van der Waals surface area contributed by atoms with Crippen molar-refractivity contribution < 1.29 is 0 Å². The van der Waals surface area contributed by atoms with E-state index in [-0.39, 0.29) is 0 Å². The normalized spacial score (nSPS) is 9.90. The van der Waals surface area contributed by atoms with Gasteiger partial charge in [-0.1, -0.05) is 48.5 Å². The summed E-state index contributed by atoms with van der Waals surface area (Å²) in [4.78, 5) is 0. The highest BCUT2D eigenvalue weighted by atomic mass is 14.3.